The number of piperazine rings is 1. The predicted octanol–water partition coefficient (Wildman–Crippen LogP) is 2.52. The largest absolute Gasteiger partial charge is 0.364 e. The van der Waals surface area contributed by atoms with E-state index >= 15 is 0 Å². The van der Waals surface area contributed by atoms with Crippen LogP contribution in [0, 0.1) is 11.3 Å². The Morgan fingerprint density at radius 1 is 1.14 bits per heavy atom. The van der Waals surface area contributed by atoms with E-state index in [-0.39, 0.29) is 5.91 Å². The number of fused-ring (bicyclic) bond motifs is 3. The molecule has 2 aromatic carbocycles. The Labute approximate surface area is 129 Å². The van der Waals surface area contributed by atoms with Crippen LogP contribution in [0.1, 0.15) is 18.9 Å². The van der Waals surface area contributed by atoms with Crippen molar-refractivity contribution in [1.82, 2.24) is 4.90 Å². The molecule has 2 fully saturated rings. The molecule has 0 spiro atoms. The summed E-state index contributed by atoms with van der Waals surface area (Å²) in [5.74, 6) is 0.178. The molecule has 2 heterocycles. The topological polar surface area (TPSA) is 47.3 Å². The molecule has 2 bridgehead atoms. The van der Waals surface area contributed by atoms with E-state index in [2.05, 4.69) is 23.1 Å². The summed E-state index contributed by atoms with van der Waals surface area (Å²) in [5, 5.41) is 11.4. The van der Waals surface area contributed by atoms with E-state index in [1.807, 2.05) is 29.2 Å². The standard InChI is InChI=1S/C18H17N3O/c1-12(22)20-10-15-8-14(20)11-21(15)18-7-6-13(9-19)16-4-2-3-5-17(16)18/h2-7,14-15H,8,10-11H2,1H3. The average molecular weight is 291 g/mol. The van der Waals surface area contributed by atoms with E-state index in [9.17, 15) is 10.1 Å². The molecule has 2 aliphatic rings. The maximum atomic E-state index is 11.6. The zero-order chi connectivity index (χ0) is 15.3. The van der Waals surface area contributed by atoms with Crippen molar-refractivity contribution < 1.29 is 4.79 Å². The number of hydrogen-bond donors (Lipinski definition) is 0. The second kappa shape index (κ2) is 4.74. The predicted molar refractivity (Wildman–Crippen MR) is 85.6 cm³/mol. The van der Waals surface area contributed by atoms with Crippen LogP contribution >= 0.6 is 0 Å². The molecule has 1 amide bonds. The molecule has 0 saturated carbocycles. The third-order valence-corrected chi connectivity index (χ3v) is 4.98. The summed E-state index contributed by atoms with van der Waals surface area (Å²) in [5.41, 5.74) is 1.90. The van der Waals surface area contributed by atoms with Crippen molar-refractivity contribution in [3.63, 3.8) is 0 Å². The Morgan fingerprint density at radius 2 is 1.91 bits per heavy atom. The van der Waals surface area contributed by atoms with E-state index in [1.165, 1.54) is 5.69 Å². The van der Waals surface area contributed by atoms with Gasteiger partial charge in [-0.1, -0.05) is 24.3 Å². The van der Waals surface area contributed by atoms with Crippen molar-refractivity contribution in [1.29, 1.82) is 5.26 Å². The number of hydrogen-bond acceptors (Lipinski definition) is 3. The molecule has 2 aliphatic heterocycles. The highest BCUT2D eigenvalue weighted by Crippen LogP contribution is 2.38. The Kier molecular flexibility index (Phi) is 2.83. The van der Waals surface area contributed by atoms with Crippen molar-refractivity contribution >= 4 is 22.4 Å². The molecule has 2 aromatic rings. The summed E-state index contributed by atoms with van der Waals surface area (Å²) >= 11 is 0. The molecule has 0 radical (unpaired) electrons. The number of likely N-dealkylation sites (tertiary alicyclic amines) is 1. The highest BCUT2D eigenvalue weighted by Gasteiger charge is 2.44. The first-order valence-corrected chi connectivity index (χ1v) is 7.64. The van der Waals surface area contributed by atoms with Crippen molar-refractivity contribution in [3.8, 4) is 6.07 Å². The number of anilines is 1. The zero-order valence-corrected chi connectivity index (χ0v) is 12.5. The van der Waals surface area contributed by atoms with Crippen LogP contribution in [0.15, 0.2) is 36.4 Å². The number of nitrogens with zero attached hydrogens (tertiary/aromatic N) is 3. The lowest BCUT2D eigenvalue weighted by molar-refractivity contribution is -0.129. The smallest absolute Gasteiger partial charge is 0.219 e. The fraction of sp³-hybridized carbons (Fsp3) is 0.333. The van der Waals surface area contributed by atoms with Crippen LogP contribution in [0.4, 0.5) is 5.69 Å². The molecular weight excluding hydrogens is 274 g/mol. The van der Waals surface area contributed by atoms with Crippen molar-refractivity contribution in [2.75, 3.05) is 18.0 Å². The number of amides is 1. The van der Waals surface area contributed by atoms with Gasteiger partial charge in [0.25, 0.3) is 0 Å². The molecule has 4 nitrogen and oxygen atoms in total. The number of nitriles is 1. The van der Waals surface area contributed by atoms with Gasteiger partial charge in [-0.2, -0.15) is 5.26 Å². The summed E-state index contributed by atoms with van der Waals surface area (Å²) in [6.45, 7) is 3.36. The average Bonchev–Trinajstić information content (AvgIpc) is 3.14. The van der Waals surface area contributed by atoms with E-state index in [4.69, 9.17) is 0 Å². The molecule has 110 valence electrons. The molecule has 4 rings (SSSR count). The third-order valence-electron chi connectivity index (χ3n) is 4.98. The molecule has 2 atom stereocenters. The molecule has 2 saturated heterocycles. The van der Waals surface area contributed by atoms with E-state index in [0.29, 0.717) is 17.6 Å². The van der Waals surface area contributed by atoms with Crippen LogP contribution < -0.4 is 4.90 Å². The van der Waals surface area contributed by atoms with Gasteiger partial charge in [-0.05, 0) is 18.6 Å². The lowest BCUT2D eigenvalue weighted by Gasteiger charge is -2.35. The Bertz CT molecular complexity index is 808. The fourth-order valence-corrected chi connectivity index (χ4v) is 3.98. The second-order valence-corrected chi connectivity index (χ2v) is 6.16. The lowest BCUT2D eigenvalue weighted by Crippen LogP contribution is -2.48. The van der Waals surface area contributed by atoms with E-state index < -0.39 is 0 Å². The number of benzene rings is 2. The highest BCUT2D eigenvalue weighted by atomic mass is 16.2. The minimum Gasteiger partial charge on any atom is -0.364 e. The van der Waals surface area contributed by atoms with Crippen LogP contribution in [0.2, 0.25) is 0 Å². The van der Waals surface area contributed by atoms with Gasteiger partial charge in [-0.3, -0.25) is 4.79 Å². The molecule has 0 aliphatic carbocycles. The van der Waals surface area contributed by atoms with Gasteiger partial charge in [0, 0.05) is 42.5 Å². The minimum atomic E-state index is 0.178. The van der Waals surface area contributed by atoms with Gasteiger partial charge in [-0.25, -0.2) is 0 Å². The zero-order valence-electron chi connectivity index (χ0n) is 12.5. The molecule has 22 heavy (non-hydrogen) atoms. The third kappa shape index (κ3) is 1.79. The van der Waals surface area contributed by atoms with Crippen LogP contribution in [-0.2, 0) is 4.79 Å². The van der Waals surface area contributed by atoms with Gasteiger partial charge in [0.1, 0.15) is 0 Å². The number of carbonyl (C=O) groups excluding carboxylic acids is 1. The molecule has 0 aromatic heterocycles. The van der Waals surface area contributed by atoms with Crippen LogP contribution in [0.5, 0.6) is 0 Å². The lowest BCUT2D eigenvalue weighted by atomic mass is 10.0. The van der Waals surface area contributed by atoms with Gasteiger partial charge in [0.2, 0.25) is 5.91 Å². The SMILES string of the molecule is CC(=O)N1CC2CC1CN2c1ccc(C#N)c2ccccc12. The summed E-state index contributed by atoms with van der Waals surface area (Å²) in [4.78, 5) is 16.0. The summed E-state index contributed by atoms with van der Waals surface area (Å²) in [7, 11) is 0. The summed E-state index contributed by atoms with van der Waals surface area (Å²) in [6.07, 6.45) is 1.05. The fourth-order valence-electron chi connectivity index (χ4n) is 3.98. The van der Waals surface area contributed by atoms with Crippen LogP contribution in [-0.4, -0.2) is 36.0 Å². The highest BCUT2D eigenvalue weighted by molar-refractivity contribution is 5.98. The Balaban J connectivity index is 1.76. The first kappa shape index (κ1) is 13.1. The normalized spacial score (nSPS) is 23.1. The van der Waals surface area contributed by atoms with Gasteiger partial charge < -0.3 is 9.80 Å². The number of rotatable bonds is 1. The van der Waals surface area contributed by atoms with E-state index in [0.717, 1.165) is 30.3 Å². The van der Waals surface area contributed by atoms with Crippen molar-refractivity contribution in [2.45, 2.75) is 25.4 Å². The molecule has 0 N–H and O–H groups in total. The summed E-state index contributed by atoms with van der Waals surface area (Å²) < 4.78 is 0. The van der Waals surface area contributed by atoms with Gasteiger partial charge >= 0.3 is 0 Å². The molecule has 4 heteroatoms. The second-order valence-electron chi connectivity index (χ2n) is 6.16. The van der Waals surface area contributed by atoms with Crippen LogP contribution in [0.3, 0.4) is 0 Å². The molecular formula is C18H17N3O. The first-order valence-electron chi connectivity index (χ1n) is 7.64. The molecule has 2 unspecified atom stereocenters. The quantitative estimate of drug-likeness (QED) is 0.811. The Hall–Kier alpha value is -2.54. The maximum Gasteiger partial charge on any atom is 0.219 e. The monoisotopic (exact) mass is 291 g/mol. The van der Waals surface area contributed by atoms with Gasteiger partial charge in [0.15, 0.2) is 0 Å². The van der Waals surface area contributed by atoms with Crippen molar-refractivity contribution in [2.24, 2.45) is 0 Å². The minimum absolute atomic E-state index is 0.178. The van der Waals surface area contributed by atoms with Crippen molar-refractivity contribution in [3.05, 3.63) is 42.0 Å². The van der Waals surface area contributed by atoms with E-state index in [1.54, 1.807) is 6.92 Å². The summed E-state index contributed by atoms with van der Waals surface area (Å²) in [6, 6.07) is 15.0. The number of carbonyl (C=O) groups is 1. The first-order chi connectivity index (χ1) is 10.7. The maximum absolute atomic E-state index is 11.6. The Morgan fingerprint density at radius 3 is 2.55 bits per heavy atom. The van der Waals surface area contributed by atoms with Gasteiger partial charge in [0.05, 0.1) is 17.7 Å². The van der Waals surface area contributed by atoms with Gasteiger partial charge in [-0.15, -0.1) is 0 Å². The van der Waals surface area contributed by atoms with Crippen LogP contribution in [0.25, 0.3) is 10.8 Å².